The van der Waals surface area contributed by atoms with Crippen molar-refractivity contribution in [1.29, 1.82) is 0 Å². The largest absolute Gasteiger partial charge is 0.349 e. The SMILES string of the molecule is CC(NC(=O)CSc1nnc(C2CC2)n1C1CC1)c1ccc(Cl)c(Cl)c1. The normalized spacial score (nSPS) is 18.0. The molecule has 8 heteroatoms. The fourth-order valence-corrected chi connectivity index (χ4v) is 4.09. The molecule has 1 atom stereocenters. The van der Waals surface area contributed by atoms with Crippen molar-refractivity contribution in [3.63, 3.8) is 0 Å². The number of hydrogen-bond donors (Lipinski definition) is 1. The third kappa shape index (κ3) is 4.02. The van der Waals surface area contributed by atoms with Crippen molar-refractivity contribution in [2.75, 3.05) is 5.75 Å². The quantitative estimate of drug-likeness (QED) is 0.667. The topological polar surface area (TPSA) is 59.8 Å². The average molecular weight is 411 g/mol. The van der Waals surface area contributed by atoms with Gasteiger partial charge in [0.2, 0.25) is 5.91 Å². The first-order valence-corrected chi connectivity index (χ1v) is 10.6. The third-order valence-corrected chi connectivity index (χ3v) is 6.38. The maximum Gasteiger partial charge on any atom is 0.230 e. The summed E-state index contributed by atoms with van der Waals surface area (Å²) in [6.07, 6.45) is 4.78. The Morgan fingerprint density at radius 1 is 1.27 bits per heavy atom. The molecule has 138 valence electrons. The Morgan fingerprint density at radius 2 is 2.04 bits per heavy atom. The fourth-order valence-electron chi connectivity index (χ4n) is 2.96. The van der Waals surface area contributed by atoms with E-state index in [-0.39, 0.29) is 11.9 Å². The van der Waals surface area contributed by atoms with Gasteiger partial charge in [-0.05, 0) is 50.3 Å². The van der Waals surface area contributed by atoms with E-state index in [9.17, 15) is 4.79 Å². The van der Waals surface area contributed by atoms with E-state index in [0.29, 0.717) is 27.8 Å². The first-order valence-electron chi connectivity index (χ1n) is 8.85. The standard InChI is InChI=1S/C18H20Cl2N4OS/c1-10(12-4-7-14(19)15(20)8-12)21-16(25)9-26-18-23-22-17(11-2-3-11)24(18)13-5-6-13/h4,7-8,10-11,13H,2-3,5-6,9H2,1H3,(H,21,25). The van der Waals surface area contributed by atoms with E-state index in [4.69, 9.17) is 23.2 Å². The van der Waals surface area contributed by atoms with Crippen LogP contribution < -0.4 is 5.32 Å². The Kier molecular flexibility index (Phi) is 5.17. The molecule has 1 aromatic heterocycles. The molecule has 1 N–H and O–H groups in total. The van der Waals surface area contributed by atoms with Gasteiger partial charge in [-0.15, -0.1) is 10.2 Å². The Bertz CT molecular complexity index is 833. The lowest BCUT2D eigenvalue weighted by Gasteiger charge is -2.15. The number of carbonyl (C=O) groups is 1. The van der Waals surface area contributed by atoms with E-state index < -0.39 is 0 Å². The number of aromatic nitrogens is 3. The minimum Gasteiger partial charge on any atom is -0.349 e. The van der Waals surface area contributed by atoms with Crippen LogP contribution in [0.2, 0.25) is 10.0 Å². The van der Waals surface area contributed by atoms with Crippen LogP contribution in [-0.4, -0.2) is 26.4 Å². The number of amides is 1. The molecular formula is C18H20Cl2N4OS. The third-order valence-electron chi connectivity index (χ3n) is 4.70. The summed E-state index contributed by atoms with van der Waals surface area (Å²) >= 11 is 13.5. The highest BCUT2D eigenvalue weighted by Gasteiger charge is 2.36. The highest BCUT2D eigenvalue weighted by Crippen LogP contribution is 2.45. The van der Waals surface area contributed by atoms with Crippen LogP contribution in [0.5, 0.6) is 0 Å². The molecule has 2 aliphatic carbocycles. The van der Waals surface area contributed by atoms with E-state index >= 15 is 0 Å². The van der Waals surface area contributed by atoms with Crippen molar-refractivity contribution >= 4 is 40.9 Å². The zero-order valence-electron chi connectivity index (χ0n) is 14.4. The molecule has 0 saturated heterocycles. The van der Waals surface area contributed by atoms with Crippen LogP contribution in [0, 0.1) is 0 Å². The first-order chi connectivity index (χ1) is 12.5. The molecule has 0 aliphatic heterocycles. The Labute approximate surface area is 166 Å². The molecule has 2 aromatic rings. The lowest BCUT2D eigenvalue weighted by atomic mass is 10.1. The minimum absolute atomic E-state index is 0.0353. The summed E-state index contributed by atoms with van der Waals surface area (Å²) in [6.45, 7) is 1.93. The second-order valence-electron chi connectivity index (χ2n) is 6.97. The second kappa shape index (κ2) is 7.41. The number of benzene rings is 1. The molecule has 2 saturated carbocycles. The number of nitrogens with one attached hydrogen (secondary N) is 1. The molecule has 4 rings (SSSR count). The van der Waals surface area contributed by atoms with Crippen molar-refractivity contribution in [3.05, 3.63) is 39.6 Å². The predicted molar refractivity (Wildman–Crippen MR) is 104 cm³/mol. The lowest BCUT2D eigenvalue weighted by Crippen LogP contribution is -2.28. The van der Waals surface area contributed by atoms with Gasteiger partial charge in [-0.1, -0.05) is 41.0 Å². The molecule has 1 unspecified atom stereocenters. The van der Waals surface area contributed by atoms with E-state index in [1.807, 2.05) is 13.0 Å². The van der Waals surface area contributed by atoms with Crippen molar-refractivity contribution in [2.45, 2.75) is 55.8 Å². The highest BCUT2D eigenvalue weighted by molar-refractivity contribution is 7.99. The van der Waals surface area contributed by atoms with E-state index in [1.165, 1.54) is 37.4 Å². The molecule has 5 nitrogen and oxygen atoms in total. The van der Waals surface area contributed by atoms with Crippen LogP contribution in [0.4, 0.5) is 0 Å². The van der Waals surface area contributed by atoms with Gasteiger partial charge in [-0.3, -0.25) is 4.79 Å². The number of hydrogen-bond acceptors (Lipinski definition) is 4. The zero-order chi connectivity index (χ0) is 18.3. The van der Waals surface area contributed by atoms with Gasteiger partial charge in [0.15, 0.2) is 5.16 Å². The van der Waals surface area contributed by atoms with E-state index in [0.717, 1.165) is 16.5 Å². The molecular weight excluding hydrogens is 391 g/mol. The summed E-state index contributed by atoms with van der Waals surface area (Å²) in [5.41, 5.74) is 0.926. The average Bonchev–Trinajstić information content (AvgIpc) is 3.54. The number of carbonyl (C=O) groups excluding carboxylic acids is 1. The van der Waals surface area contributed by atoms with Crippen molar-refractivity contribution in [2.24, 2.45) is 0 Å². The van der Waals surface area contributed by atoms with Gasteiger partial charge in [0.25, 0.3) is 0 Å². The van der Waals surface area contributed by atoms with Gasteiger partial charge >= 0.3 is 0 Å². The first kappa shape index (κ1) is 18.1. The summed E-state index contributed by atoms with van der Waals surface area (Å²) in [5.74, 6) is 1.97. The van der Waals surface area contributed by atoms with Crippen LogP contribution in [-0.2, 0) is 4.79 Å². The maximum atomic E-state index is 12.4. The molecule has 0 bridgehead atoms. The van der Waals surface area contributed by atoms with Crippen LogP contribution in [0.1, 0.15) is 62.0 Å². The molecule has 1 aromatic carbocycles. The Hall–Kier alpha value is -1.24. The van der Waals surface area contributed by atoms with Gasteiger partial charge in [-0.25, -0.2) is 0 Å². The molecule has 1 heterocycles. The number of thioether (sulfide) groups is 1. The number of halogens is 2. The van der Waals surface area contributed by atoms with Crippen molar-refractivity contribution in [3.8, 4) is 0 Å². The van der Waals surface area contributed by atoms with Crippen LogP contribution in [0.15, 0.2) is 23.4 Å². The molecule has 26 heavy (non-hydrogen) atoms. The van der Waals surface area contributed by atoms with Crippen LogP contribution >= 0.6 is 35.0 Å². The molecule has 2 fully saturated rings. The number of rotatable bonds is 7. The smallest absolute Gasteiger partial charge is 0.230 e. The Morgan fingerprint density at radius 3 is 2.69 bits per heavy atom. The Balaban J connectivity index is 1.36. The lowest BCUT2D eigenvalue weighted by molar-refractivity contribution is -0.119. The van der Waals surface area contributed by atoms with Crippen molar-refractivity contribution < 1.29 is 4.79 Å². The molecule has 1 amide bonds. The van der Waals surface area contributed by atoms with Gasteiger partial charge < -0.3 is 9.88 Å². The van der Waals surface area contributed by atoms with Gasteiger partial charge in [0.05, 0.1) is 21.8 Å². The summed E-state index contributed by atoms with van der Waals surface area (Å²) in [6, 6.07) is 5.79. The second-order valence-corrected chi connectivity index (χ2v) is 8.72. The van der Waals surface area contributed by atoms with E-state index in [2.05, 4.69) is 20.1 Å². The van der Waals surface area contributed by atoms with Crippen LogP contribution in [0.3, 0.4) is 0 Å². The van der Waals surface area contributed by atoms with E-state index in [1.54, 1.807) is 12.1 Å². The number of nitrogens with zero attached hydrogens (tertiary/aromatic N) is 3. The highest BCUT2D eigenvalue weighted by atomic mass is 35.5. The van der Waals surface area contributed by atoms with Crippen molar-refractivity contribution in [1.82, 2.24) is 20.1 Å². The van der Waals surface area contributed by atoms with Gasteiger partial charge in [-0.2, -0.15) is 0 Å². The summed E-state index contributed by atoms with van der Waals surface area (Å²) in [4.78, 5) is 12.4. The summed E-state index contributed by atoms with van der Waals surface area (Å²) in [7, 11) is 0. The van der Waals surface area contributed by atoms with Gasteiger partial charge in [0.1, 0.15) is 5.82 Å². The van der Waals surface area contributed by atoms with Crippen LogP contribution in [0.25, 0.3) is 0 Å². The van der Waals surface area contributed by atoms with Gasteiger partial charge in [0, 0.05) is 12.0 Å². The predicted octanol–water partition coefficient (Wildman–Crippen LogP) is 4.77. The summed E-state index contributed by atoms with van der Waals surface area (Å²) < 4.78 is 2.26. The fraction of sp³-hybridized carbons (Fsp3) is 0.500. The molecule has 0 spiro atoms. The monoisotopic (exact) mass is 410 g/mol. The molecule has 0 radical (unpaired) electrons. The minimum atomic E-state index is -0.138. The summed E-state index contributed by atoms with van der Waals surface area (Å²) in [5, 5.41) is 13.6. The maximum absolute atomic E-state index is 12.4. The molecule has 2 aliphatic rings. The zero-order valence-corrected chi connectivity index (χ0v) is 16.7.